The van der Waals surface area contributed by atoms with E-state index in [1.807, 2.05) is 41.3 Å². The van der Waals surface area contributed by atoms with E-state index in [0.717, 1.165) is 47.6 Å². The molecule has 0 bridgehead atoms. The van der Waals surface area contributed by atoms with Crippen LogP contribution >= 0.6 is 22.6 Å². The molecule has 2 aromatic rings. The Morgan fingerprint density at radius 3 is 2.33 bits per heavy atom. The first kappa shape index (κ1) is 17.2. The van der Waals surface area contributed by atoms with Gasteiger partial charge in [-0.05, 0) is 52.4 Å². The monoisotopic (exact) mass is 436 g/mol. The minimum Gasteiger partial charge on any atom is -0.497 e. The van der Waals surface area contributed by atoms with Gasteiger partial charge in [0.25, 0.3) is 5.91 Å². The molecule has 0 aliphatic carbocycles. The van der Waals surface area contributed by atoms with E-state index in [-0.39, 0.29) is 5.91 Å². The van der Waals surface area contributed by atoms with E-state index >= 15 is 0 Å². The minimum absolute atomic E-state index is 0.143. The van der Waals surface area contributed by atoms with Gasteiger partial charge in [0.1, 0.15) is 5.75 Å². The molecule has 0 N–H and O–H groups in total. The highest BCUT2D eigenvalue weighted by molar-refractivity contribution is 14.1. The number of amides is 1. The van der Waals surface area contributed by atoms with Crippen LogP contribution in [0.4, 0.5) is 0 Å². The summed E-state index contributed by atoms with van der Waals surface area (Å²) in [6.45, 7) is 4.27. The van der Waals surface area contributed by atoms with Gasteiger partial charge in [-0.25, -0.2) is 0 Å². The maximum Gasteiger partial charge on any atom is 0.255 e. The molecule has 1 fully saturated rings. The van der Waals surface area contributed by atoms with Gasteiger partial charge >= 0.3 is 0 Å². The number of ether oxygens (including phenoxy) is 1. The van der Waals surface area contributed by atoms with E-state index in [0.29, 0.717) is 0 Å². The largest absolute Gasteiger partial charge is 0.497 e. The standard InChI is InChI=1S/C19H21IN2O2/c1-24-16-8-6-15(7-9-16)14-21-10-12-22(13-11-21)19(23)17-4-2-3-5-18(17)20/h2-9H,10-14H2,1H3. The maximum absolute atomic E-state index is 12.6. The molecule has 4 nitrogen and oxygen atoms in total. The van der Waals surface area contributed by atoms with Gasteiger partial charge in [0.15, 0.2) is 0 Å². The zero-order valence-electron chi connectivity index (χ0n) is 13.7. The van der Waals surface area contributed by atoms with Gasteiger partial charge in [-0.15, -0.1) is 0 Å². The number of piperazine rings is 1. The lowest BCUT2D eigenvalue weighted by atomic mass is 10.1. The lowest BCUT2D eigenvalue weighted by Crippen LogP contribution is -2.48. The molecule has 0 spiro atoms. The molecule has 5 heteroatoms. The summed E-state index contributed by atoms with van der Waals surface area (Å²) in [4.78, 5) is 17.0. The quantitative estimate of drug-likeness (QED) is 0.690. The summed E-state index contributed by atoms with van der Waals surface area (Å²) in [5.41, 5.74) is 2.08. The van der Waals surface area contributed by atoms with Crippen molar-refractivity contribution in [3.8, 4) is 5.75 Å². The van der Waals surface area contributed by atoms with E-state index in [1.165, 1.54) is 5.56 Å². The summed E-state index contributed by atoms with van der Waals surface area (Å²) >= 11 is 2.23. The van der Waals surface area contributed by atoms with Crippen LogP contribution in [0.25, 0.3) is 0 Å². The fraction of sp³-hybridized carbons (Fsp3) is 0.316. The van der Waals surface area contributed by atoms with Crippen LogP contribution < -0.4 is 4.74 Å². The van der Waals surface area contributed by atoms with Crippen LogP contribution in [0, 0.1) is 3.57 Å². The molecule has 0 saturated carbocycles. The lowest BCUT2D eigenvalue weighted by Gasteiger charge is -2.35. The predicted molar refractivity (Wildman–Crippen MR) is 103 cm³/mol. The number of halogens is 1. The van der Waals surface area contributed by atoms with E-state index in [4.69, 9.17) is 4.74 Å². The summed E-state index contributed by atoms with van der Waals surface area (Å²) in [6.07, 6.45) is 0. The van der Waals surface area contributed by atoms with Crippen LogP contribution in [-0.2, 0) is 6.54 Å². The van der Waals surface area contributed by atoms with Crippen LogP contribution in [0.3, 0.4) is 0 Å². The molecule has 1 amide bonds. The number of hydrogen-bond donors (Lipinski definition) is 0. The Hall–Kier alpha value is -1.60. The second-order valence-corrected chi connectivity index (χ2v) is 7.06. The van der Waals surface area contributed by atoms with E-state index in [2.05, 4.69) is 39.6 Å². The number of carbonyl (C=O) groups is 1. The van der Waals surface area contributed by atoms with Gasteiger partial charge in [0.2, 0.25) is 0 Å². The first-order valence-electron chi connectivity index (χ1n) is 8.06. The van der Waals surface area contributed by atoms with Crippen molar-refractivity contribution in [3.05, 3.63) is 63.2 Å². The van der Waals surface area contributed by atoms with Gasteiger partial charge in [-0.2, -0.15) is 0 Å². The highest BCUT2D eigenvalue weighted by atomic mass is 127. The molecule has 1 aliphatic rings. The first-order chi connectivity index (χ1) is 11.7. The summed E-state index contributed by atoms with van der Waals surface area (Å²) in [5.74, 6) is 1.02. The van der Waals surface area contributed by atoms with Crippen LogP contribution in [0.15, 0.2) is 48.5 Å². The zero-order chi connectivity index (χ0) is 16.9. The van der Waals surface area contributed by atoms with Crippen molar-refractivity contribution in [1.82, 2.24) is 9.80 Å². The molecular weight excluding hydrogens is 415 g/mol. The second kappa shape index (κ2) is 7.98. The second-order valence-electron chi connectivity index (χ2n) is 5.90. The normalized spacial score (nSPS) is 15.3. The molecule has 1 aliphatic heterocycles. The molecule has 0 aromatic heterocycles. The van der Waals surface area contributed by atoms with Crippen molar-refractivity contribution in [1.29, 1.82) is 0 Å². The summed E-state index contributed by atoms with van der Waals surface area (Å²) < 4.78 is 6.21. The molecule has 1 heterocycles. The molecule has 0 unspecified atom stereocenters. The number of rotatable bonds is 4. The van der Waals surface area contributed by atoms with E-state index < -0.39 is 0 Å². The third-order valence-electron chi connectivity index (χ3n) is 4.33. The zero-order valence-corrected chi connectivity index (χ0v) is 15.9. The molecule has 2 aromatic carbocycles. The predicted octanol–water partition coefficient (Wildman–Crippen LogP) is 3.26. The number of nitrogens with zero attached hydrogens (tertiary/aromatic N) is 2. The highest BCUT2D eigenvalue weighted by Crippen LogP contribution is 2.17. The minimum atomic E-state index is 0.143. The molecule has 126 valence electrons. The molecular formula is C19H21IN2O2. The lowest BCUT2D eigenvalue weighted by molar-refractivity contribution is 0.0627. The highest BCUT2D eigenvalue weighted by Gasteiger charge is 2.23. The summed E-state index contributed by atoms with van der Waals surface area (Å²) in [7, 11) is 1.68. The van der Waals surface area contributed by atoms with Gasteiger partial charge < -0.3 is 9.64 Å². The third kappa shape index (κ3) is 4.08. The maximum atomic E-state index is 12.6. The topological polar surface area (TPSA) is 32.8 Å². The Bertz CT molecular complexity index is 695. The fourth-order valence-electron chi connectivity index (χ4n) is 2.90. The van der Waals surface area contributed by atoms with Crippen LogP contribution in [0.1, 0.15) is 15.9 Å². The summed E-state index contributed by atoms with van der Waals surface area (Å²) in [5, 5.41) is 0. The van der Waals surface area contributed by atoms with Crippen LogP contribution in [0.2, 0.25) is 0 Å². The van der Waals surface area contributed by atoms with Gasteiger partial charge in [-0.1, -0.05) is 24.3 Å². The van der Waals surface area contributed by atoms with Crippen molar-refractivity contribution in [2.45, 2.75) is 6.54 Å². The average Bonchev–Trinajstić information content (AvgIpc) is 2.63. The Morgan fingerprint density at radius 2 is 1.71 bits per heavy atom. The van der Waals surface area contributed by atoms with Gasteiger partial charge in [0.05, 0.1) is 12.7 Å². The van der Waals surface area contributed by atoms with Crippen LogP contribution in [-0.4, -0.2) is 49.0 Å². The fourth-order valence-corrected chi connectivity index (χ4v) is 3.52. The molecule has 1 saturated heterocycles. The van der Waals surface area contributed by atoms with Crippen molar-refractivity contribution < 1.29 is 9.53 Å². The molecule has 24 heavy (non-hydrogen) atoms. The number of benzene rings is 2. The van der Waals surface area contributed by atoms with Crippen molar-refractivity contribution in [2.24, 2.45) is 0 Å². The molecule has 0 radical (unpaired) electrons. The van der Waals surface area contributed by atoms with Crippen molar-refractivity contribution in [3.63, 3.8) is 0 Å². The number of methoxy groups -OCH3 is 1. The van der Waals surface area contributed by atoms with E-state index in [1.54, 1.807) is 7.11 Å². The third-order valence-corrected chi connectivity index (χ3v) is 5.27. The Morgan fingerprint density at radius 1 is 1.04 bits per heavy atom. The number of carbonyl (C=O) groups excluding carboxylic acids is 1. The Labute approximate surface area is 156 Å². The number of hydrogen-bond acceptors (Lipinski definition) is 3. The SMILES string of the molecule is COc1ccc(CN2CCN(C(=O)c3ccccc3I)CC2)cc1. The van der Waals surface area contributed by atoms with Crippen molar-refractivity contribution >= 4 is 28.5 Å². The van der Waals surface area contributed by atoms with Crippen LogP contribution in [0.5, 0.6) is 5.75 Å². The van der Waals surface area contributed by atoms with Gasteiger partial charge in [0, 0.05) is 36.3 Å². The average molecular weight is 436 g/mol. The summed E-state index contributed by atoms with van der Waals surface area (Å²) in [6, 6.07) is 16.0. The van der Waals surface area contributed by atoms with E-state index in [9.17, 15) is 4.79 Å². The Balaban J connectivity index is 1.55. The molecule has 0 atom stereocenters. The Kier molecular flexibility index (Phi) is 5.73. The van der Waals surface area contributed by atoms with Gasteiger partial charge in [-0.3, -0.25) is 9.69 Å². The van der Waals surface area contributed by atoms with Crippen molar-refractivity contribution in [2.75, 3.05) is 33.3 Å². The first-order valence-corrected chi connectivity index (χ1v) is 9.14. The molecule has 3 rings (SSSR count). The smallest absolute Gasteiger partial charge is 0.255 e.